The van der Waals surface area contributed by atoms with Gasteiger partial charge >= 0.3 is 0 Å². The summed E-state index contributed by atoms with van der Waals surface area (Å²) in [6.45, 7) is 2.26. The molecule has 5 nitrogen and oxygen atoms in total. The third kappa shape index (κ3) is 3.95. The molecule has 27 heavy (non-hydrogen) atoms. The Labute approximate surface area is 161 Å². The van der Waals surface area contributed by atoms with E-state index < -0.39 is 0 Å². The first-order chi connectivity index (χ1) is 13.1. The number of aryl methyl sites for hydroxylation is 1. The Balaban J connectivity index is 1.39. The van der Waals surface area contributed by atoms with Gasteiger partial charge in [-0.1, -0.05) is 6.92 Å². The predicted molar refractivity (Wildman–Crippen MR) is 107 cm³/mol. The average Bonchev–Trinajstić information content (AvgIpc) is 3.32. The molecule has 0 aliphatic heterocycles. The van der Waals surface area contributed by atoms with E-state index >= 15 is 0 Å². The van der Waals surface area contributed by atoms with E-state index in [4.69, 9.17) is 4.42 Å². The topological polar surface area (TPSA) is 71.3 Å². The van der Waals surface area contributed by atoms with E-state index in [1.165, 1.54) is 23.1 Å². The second-order valence-electron chi connectivity index (χ2n) is 6.87. The summed E-state index contributed by atoms with van der Waals surface area (Å²) in [6.07, 6.45) is 4.78. The van der Waals surface area contributed by atoms with Gasteiger partial charge in [-0.05, 0) is 73.2 Å². The number of carbonyl (C=O) groups excluding carboxylic acids is 2. The van der Waals surface area contributed by atoms with Gasteiger partial charge in [0.15, 0.2) is 5.76 Å². The molecule has 1 atom stereocenters. The molecule has 0 unspecified atom stereocenters. The number of hydrogen-bond acceptors (Lipinski definition) is 4. The number of nitrogens with one attached hydrogen (secondary N) is 2. The van der Waals surface area contributed by atoms with Crippen molar-refractivity contribution in [3.63, 3.8) is 0 Å². The van der Waals surface area contributed by atoms with Crippen molar-refractivity contribution in [3.8, 4) is 0 Å². The second kappa shape index (κ2) is 7.40. The Bertz CT molecular complexity index is 958. The molecule has 0 spiro atoms. The zero-order chi connectivity index (χ0) is 18.8. The summed E-state index contributed by atoms with van der Waals surface area (Å²) in [4.78, 5) is 26.6. The SMILES string of the molecule is C[C@H]1CCc2sc(C(=O)Nc3ccc(NC(=O)c4ccco4)cc3)cc2C1. The quantitative estimate of drug-likeness (QED) is 0.671. The third-order valence-electron chi connectivity index (χ3n) is 4.70. The number of rotatable bonds is 4. The Morgan fingerprint density at radius 2 is 1.78 bits per heavy atom. The van der Waals surface area contributed by atoms with Crippen molar-refractivity contribution < 1.29 is 14.0 Å². The van der Waals surface area contributed by atoms with Gasteiger partial charge in [0.05, 0.1) is 11.1 Å². The molecule has 6 heteroatoms. The summed E-state index contributed by atoms with van der Waals surface area (Å²) < 4.78 is 5.07. The van der Waals surface area contributed by atoms with Gasteiger partial charge in [0.1, 0.15) is 0 Å². The largest absolute Gasteiger partial charge is 0.459 e. The van der Waals surface area contributed by atoms with Crippen LogP contribution >= 0.6 is 11.3 Å². The maximum atomic E-state index is 12.5. The highest BCUT2D eigenvalue weighted by Gasteiger charge is 2.20. The lowest BCUT2D eigenvalue weighted by molar-refractivity contribution is 0.0994. The van der Waals surface area contributed by atoms with Gasteiger partial charge in [-0.2, -0.15) is 0 Å². The first kappa shape index (κ1) is 17.5. The van der Waals surface area contributed by atoms with E-state index in [-0.39, 0.29) is 17.6 Å². The predicted octanol–water partition coefficient (Wildman–Crippen LogP) is 4.97. The highest BCUT2D eigenvalue weighted by molar-refractivity contribution is 7.14. The van der Waals surface area contributed by atoms with Crippen molar-refractivity contribution in [1.82, 2.24) is 0 Å². The molecule has 4 rings (SSSR count). The van der Waals surface area contributed by atoms with Crippen LogP contribution in [0.2, 0.25) is 0 Å². The Kier molecular flexibility index (Phi) is 4.81. The van der Waals surface area contributed by atoms with Gasteiger partial charge in [0, 0.05) is 16.3 Å². The lowest BCUT2D eigenvalue weighted by Gasteiger charge is -2.16. The molecule has 0 bridgehead atoms. The van der Waals surface area contributed by atoms with Gasteiger partial charge in [-0.3, -0.25) is 9.59 Å². The molecule has 0 radical (unpaired) electrons. The van der Waals surface area contributed by atoms with E-state index in [0.29, 0.717) is 17.3 Å². The first-order valence-corrected chi connectivity index (χ1v) is 9.78. The van der Waals surface area contributed by atoms with Crippen LogP contribution in [0.1, 0.15) is 44.0 Å². The molecule has 2 heterocycles. The fraction of sp³-hybridized carbons (Fsp3) is 0.238. The highest BCUT2D eigenvalue weighted by Crippen LogP contribution is 2.32. The average molecular weight is 380 g/mol. The van der Waals surface area contributed by atoms with E-state index in [1.807, 2.05) is 6.07 Å². The van der Waals surface area contributed by atoms with Crippen LogP contribution in [0, 0.1) is 5.92 Å². The maximum absolute atomic E-state index is 12.5. The molecule has 0 saturated carbocycles. The van der Waals surface area contributed by atoms with Crippen LogP contribution in [0.15, 0.2) is 53.1 Å². The summed E-state index contributed by atoms with van der Waals surface area (Å²) in [6, 6.07) is 12.3. The molecular weight excluding hydrogens is 360 g/mol. The molecule has 0 saturated heterocycles. The van der Waals surface area contributed by atoms with Crippen molar-refractivity contribution in [3.05, 3.63) is 69.8 Å². The van der Waals surface area contributed by atoms with Gasteiger partial charge < -0.3 is 15.1 Å². The molecule has 138 valence electrons. The molecular formula is C21H20N2O3S. The third-order valence-corrected chi connectivity index (χ3v) is 5.93. The van der Waals surface area contributed by atoms with Crippen LogP contribution < -0.4 is 10.6 Å². The molecule has 2 N–H and O–H groups in total. The molecule has 1 aromatic carbocycles. The second-order valence-corrected chi connectivity index (χ2v) is 8.01. The zero-order valence-electron chi connectivity index (χ0n) is 15.0. The molecule has 2 amide bonds. The van der Waals surface area contributed by atoms with E-state index in [1.54, 1.807) is 47.7 Å². The molecule has 1 aliphatic carbocycles. The summed E-state index contributed by atoms with van der Waals surface area (Å²) in [7, 11) is 0. The lowest BCUT2D eigenvalue weighted by atomic mass is 9.90. The van der Waals surface area contributed by atoms with Crippen LogP contribution in [0.25, 0.3) is 0 Å². The minimum Gasteiger partial charge on any atom is -0.459 e. The van der Waals surface area contributed by atoms with Crippen molar-refractivity contribution in [2.45, 2.75) is 26.2 Å². The number of carbonyl (C=O) groups is 2. The molecule has 1 aliphatic rings. The minimum atomic E-state index is -0.310. The van der Waals surface area contributed by atoms with Gasteiger partial charge in [-0.25, -0.2) is 0 Å². The van der Waals surface area contributed by atoms with Crippen LogP contribution in [0.4, 0.5) is 11.4 Å². The van der Waals surface area contributed by atoms with Crippen molar-refractivity contribution in [1.29, 1.82) is 0 Å². The smallest absolute Gasteiger partial charge is 0.291 e. The van der Waals surface area contributed by atoms with Crippen molar-refractivity contribution in [2.24, 2.45) is 5.92 Å². The molecule has 2 aromatic heterocycles. The van der Waals surface area contributed by atoms with Crippen LogP contribution in [0.3, 0.4) is 0 Å². The molecule has 0 fully saturated rings. The number of fused-ring (bicyclic) bond motifs is 1. The Hall–Kier alpha value is -2.86. The Morgan fingerprint density at radius 3 is 2.44 bits per heavy atom. The first-order valence-electron chi connectivity index (χ1n) is 8.96. The van der Waals surface area contributed by atoms with Crippen LogP contribution in [-0.4, -0.2) is 11.8 Å². The van der Waals surface area contributed by atoms with Crippen LogP contribution in [0.5, 0.6) is 0 Å². The Morgan fingerprint density at radius 1 is 1.07 bits per heavy atom. The number of anilines is 2. The van der Waals surface area contributed by atoms with Gasteiger partial charge in [0.25, 0.3) is 11.8 Å². The summed E-state index contributed by atoms with van der Waals surface area (Å²) in [5, 5.41) is 5.68. The number of benzene rings is 1. The summed E-state index contributed by atoms with van der Waals surface area (Å²) in [5.41, 5.74) is 2.64. The fourth-order valence-electron chi connectivity index (χ4n) is 3.25. The fourth-order valence-corrected chi connectivity index (χ4v) is 4.35. The van der Waals surface area contributed by atoms with Gasteiger partial charge in [-0.15, -0.1) is 11.3 Å². The van der Waals surface area contributed by atoms with E-state index in [2.05, 4.69) is 17.6 Å². The lowest BCUT2D eigenvalue weighted by Crippen LogP contribution is -2.12. The maximum Gasteiger partial charge on any atom is 0.291 e. The monoisotopic (exact) mass is 380 g/mol. The minimum absolute atomic E-state index is 0.0885. The summed E-state index contributed by atoms with van der Waals surface area (Å²) >= 11 is 1.60. The number of furan rings is 1. The van der Waals surface area contributed by atoms with E-state index in [9.17, 15) is 9.59 Å². The highest BCUT2D eigenvalue weighted by atomic mass is 32.1. The van der Waals surface area contributed by atoms with Crippen molar-refractivity contribution >= 4 is 34.5 Å². The zero-order valence-corrected chi connectivity index (χ0v) is 15.8. The normalized spacial score (nSPS) is 15.8. The number of hydrogen-bond donors (Lipinski definition) is 2. The number of amides is 2. The standard InChI is InChI=1S/C21H20N2O3S/c1-13-4-9-18-14(11-13)12-19(27-18)21(25)23-16-7-5-15(6-8-16)22-20(24)17-3-2-10-26-17/h2-3,5-8,10,12-13H,4,9,11H2,1H3,(H,22,24)(H,23,25)/t13-/m0/s1. The summed E-state index contributed by atoms with van der Waals surface area (Å²) in [5.74, 6) is 0.542. The van der Waals surface area contributed by atoms with Crippen LogP contribution in [-0.2, 0) is 12.8 Å². The van der Waals surface area contributed by atoms with Gasteiger partial charge in [0.2, 0.25) is 0 Å². The van der Waals surface area contributed by atoms with Crippen molar-refractivity contribution in [2.75, 3.05) is 10.6 Å². The number of thiophene rings is 1. The van der Waals surface area contributed by atoms with E-state index in [0.717, 1.165) is 17.7 Å². The molecule has 3 aromatic rings.